The monoisotopic (exact) mass is 785 g/mol. The predicted molar refractivity (Wildman–Crippen MR) is 197 cm³/mol. The molecule has 2 aliphatic carbocycles. The third kappa shape index (κ3) is 7.38. The first-order valence-corrected chi connectivity index (χ1v) is 20.6. The molecule has 55 heavy (non-hydrogen) atoms. The Morgan fingerprint density at radius 2 is 1.87 bits per heavy atom. The van der Waals surface area contributed by atoms with E-state index in [4.69, 9.17) is 9.47 Å². The Labute approximate surface area is 319 Å². The van der Waals surface area contributed by atoms with E-state index in [0.29, 0.717) is 37.6 Å². The van der Waals surface area contributed by atoms with Crippen molar-refractivity contribution >= 4 is 44.7 Å². The van der Waals surface area contributed by atoms with Gasteiger partial charge in [-0.05, 0) is 64.4 Å². The van der Waals surface area contributed by atoms with Gasteiger partial charge in [-0.15, -0.1) is 0 Å². The number of sulfonamides is 1. The van der Waals surface area contributed by atoms with Gasteiger partial charge in [-0.2, -0.15) is 0 Å². The molecule has 0 unspecified atom stereocenters. The molecular weight excluding hydrogens is 737 g/mol. The summed E-state index contributed by atoms with van der Waals surface area (Å²) in [6.45, 7) is 6.50. The van der Waals surface area contributed by atoms with Crippen LogP contribution in [0.4, 0.5) is 13.6 Å². The van der Waals surface area contributed by atoms with Crippen LogP contribution in [0.1, 0.15) is 96.2 Å². The van der Waals surface area contributed by atoms with E-state index in [9.17, 15) is 27.6 Å². The molecule has 1 aromatic carbocycles. The van der Waals surface area contributed by atoms with Crippen molar-refractivity contribution in [1.29, 1.82) is 0 Å². The zero-order chi connectivity index (χ0) is 39.6. The van der Waals surface area contributed by atoms with E-state index in [1.807, 2.05) is 19.9 Å². The number of rotatable bonds is 6. The fourth-order valence-electron chi connectivity index (χ4n) is 8.16. The molecule has 2 aromatic rings. The highest BCUT2D eigenvalue weighted by atomic mass is 32.2. The number of carbonyl (C=O) groups is 4. The number of benzene rings is 1. The SMILES string of the molecule is Cc1nc2ccccc2c2c1O[C@@]1(C[C@H]3C(=O)N[C@]4(C(=O)NS(=O)(=O)C5(C)CC5)C[C@H]4/C=C\CCCCC[C@H](NC(=O)OCC(C)C)C(=O)N3C1)CC2(F)F. The third-order valence-corrected chi connectivity index (χ3v) is 13.9. The van der Waals surface area contributed by atoms with Crippen LogP contribution in [0, 0.1) is 18.8 Å². The fraction of sp³-hybridized carbons (Fsp3) is 0.615. The average molecular weight is 786 g/mol. The second-order valence-corrected chi connectivity index (χ2v) is 18.9. The largest absolute Gasteiger partial charge is 0.483 e. The summed E-state index contributed by atoms with van der Waals surface area (Å²) in [4.78, 5) is 61.7. The first-order valence-electron chi connectivity index (χ1n) is 19.2. The number of amides is 4. The number of aromatic nitrogens is 1. The fourth-order valence-corrected chi connectivity index (χ4v) is 9.48. The summed E-state index contributed by atoms with van der Waals surface area (Å²) in [5.74, 6) is -6.51. The van der Waals surface area contributed by atoms with Gasteiger partial charge in [0.25, 0.3) is 11.8 Å². The van der Waals surface area contributed by atoms with E-state index in [1.54, 1.807) is 44.2 Å². The Kier molecular flexibility index (Phi) is 9.90. The van der Waals surface area contributed by atoms with Gasteiger partial charge in [-0.1, -0.05) is 57.0 Å². The Bertz CT molecular complexity index is 2060. The van der Waals surface area contributed by atoms with Crippen LogP contribution >= 0.6 is 0 Å². The molecule has 1 saturated heterocycles. The number of aryl methyl sites for hydroxylation is 1. The number of hydrogen-bond donors (Lipinski definition) is 3. The quantitative estimate of drug-likeness (QED) is 0.345. The highest BCUT2D eigenvalue weighted by Crippen LogP contribution is 2.54. The Morgan fingerprint density at radius 3 is 2.60 bits per heavy atom. The smallest absolute Gasteiger partial charge is 0.407 e. The zero-order valence-corrected chi connectivity index (χ0v) is 32.4. The van der Waals surface area contributed by atoms with Crippen LogP contribution < -0.4 is 20.1 Å². The lowest BCUT2D eigenvalue weighted by atomic mass is 9.84. The van der Waals surface area contributed by atoms with E-state index >= 15 is 8.78 Å². The number of ether oxygens (including phenoxy) is 2. The molecule has 5 atom stereocenters. The van der Waals surface area contributed by atoms with Gasteiger partial charge in [0.2, 0.25) is 21.8 Å². The van der Waals surface area contributed by atoms with E-state index in [0.717, 1.165) is 11.3 Å². The number of halogens is 2. The van der Waals surface area contributed by atoms with Crippen molar-refractivity contribution in [2.75, 3.05) is 13.2 Å². The lowest BCUT2D eigenvalue weighted by molar-refractivity contribution is -0.141. The summed E-state index contributed by atoms with van der Waals surface area (Å²) in [5, 5.41) is 5.66. The van der Waals surface area contributed by atoms with Crippen molar-refractivity contribution in [2.45, 2.75) is 126 Å². The lowest BCUT2D eigenvalue weighted by Gasteiger charge is -2.40. The molecule has 3 aliphatic heterocycles. The molecule has 0 bridgehead atoms. The Hall–Kier alpha value is -4.34. The van der Waals surface area contributed by atoms with Crippen LogP contribution in [0.3, 0.4) is 0 Å². The third-order valence-electron chi connectivity index (χ3n) is 11.7. The molecule has 3 fully saturated rings. The number of alkyl halides is 2. The number of para-hydroxylation sites is 1. The number of hydrogen-bond acceptors (Lipinski definition) is 9. The first kappa shape index (κ1) is 38.9. The summed E-state index contributed by atoms with van der Waals surface area (Å²) in [6, 6.07) is 3.94. The molecule has 16 heteroatoms. The normalized spacial score (nSPS) is 30.5. The van der Waals surface area contributed by atoms with Gasteiger partial charge in [0.15, 0.2) is 5.75 Å². The van der Waals surface area contributed by atoms with Gasteiger partial charge in [-0.25, -0.2) is 27.0 Å². The van der Waals surface area contributed by atoms with Crippen LogP contribution in [0.2, 0.25) is 0 Å². The Balaban J connectivity index is 1.26. The molecule has 3 N–H and O–H groups in total. The van der Waals surface area contributed by atoms with Crippen LogP contribution in [0.25, 0.3) is 10.9 Å². The molecule has 13 nitrogen and oxygen atoms in total. The number of carbonyl (C=O) groups excluding carboxylic acids is 4. The second kappa shape index (κ2) is 14.0. The van der Waals surface area contributed by atoms with Crippen molar-refractivity contribution < 1.29 is 45.9 Å². The average Bonchev–Trinajstić information content (AvgIpc) is 4.00. The second-order valence-electron chi connectivity index (χ2n) is 16.7. The van der Waals surface area contributed by atoms with E-state index in [1.165, 1.54) is 0 Å². The van der Waals surface area contributed by atoms with Gasteiger partial charge in [0.05, 0.1) is 41.1 Å². The van der Waals surface area contributed by atoms with Crippen molar-refractivity contribution in [1.82, 2.24) is 25.2 Å². The minimum Gasteiger partial charge on any atom is -0.483 e. The number of nitrogens with one attached hydrogen (secondary N) is 3. The Morgan fingerprint density at radius 1 is 1.13 bits per heavy atom. The highest BCUT2D eigenvalue weighted by Gasteiger charge is 2.65. The number of nitrogens with zero attached hydrogens (tertiary/aromatic N) is 2. The molecule has 0 radical (unpaired) electrons. The summed E-state index contributed by atoms with van der Waals surface area (Å²) in [7, 11) is -4.07. The highest BCUT2D eigenvalue weighted by molar-refractivity contribution is 7.91. The zero-order valence-electron chi connectivity index (χ0n) is 31.6. The number of alkyl carbamates (subject to hydrolysis) is 1. The van der Waals surface area contributed by atoms with Gasteiger partial charge < -0.3 is 25.0 Å². The molecule has 4 heterocycles. The number of allylic oxidation sites excluding steroid dienone is 1. The molecular formula is C39H49F2N5O8S. The van der Waals surface area contributed by atoms with E-state index in [2.05, 4.69) is 20.3 Å². The number of fused-ring (bicyclic) bond motifs is 5. The van der Waals surface area contributed by atoms with Gasteiger partial charge in [-0.3, -0.25) is 19.1 Å². The van der Waals surface area contributed by atoms with Gasteiger partial charge >= 0.3 is 6.09 Å². The van der Waals surface area contributed by atoms with Crippen molar-refractivity contribution in [3.8, 4) is 5.75 Å². The van der Waals surface area contributed by atoms with Crippen molar-refractivity contribution in [3.63, 3.8) is 0 Å². The minimum absolute atomic E-state index is 0.0231. The minimum atomic E-state index is -4.07. The number of pyridine rings is 1. The molecule has 1 aromatic heterocycles. The first-order chi connectivity index (χ1) is 25.9. The maximum atomic E-state index is 16.6. The molecule has 7 rings (SSSR count). The summed E-state index contributed by atoms with van der Waals surface area (Å²) >= 11 is 0. The standard InChI is InChI=1S/C39H49F2N5O8S/c1-23(2)20-53-35(50)43-28-15-9-7-5-6-8-12-25-18-38(25,34(49)45-55(51,52)36(4)16-17-36)44-32(47)29-19-37(22-46(29)33(28)48)21-39(40,41)30-26-13-10-11-14-27(26)42-24(3)31(30)54-37/h8,10-14,23,25,28-29H,5-7,9,15-22H2,1-4H3,(H,43,50)(H,44,47)(H,45,49)/b12-8-/t25-,28+,29+,37+,38-/m1/s1. The predicted octanol–water partition coefficient (Wildman–Crippen LogP) is 4.90. The van der Waals surface area contributed by atoms with Crippen molar-refractivity contribution in [2.24, 2.45) is 11.8 Å². The summed E-state index contributed by atoms with van der Waals surface area (Å²) in [5.41, 5.74) is -3.15. The van der Waals surface area contributed by atoms with E-state index in [-0.39, 0.29) is 54.2 Å². The van der Waals surface area contributed by atoms with Crippen LogP contribution in [0.5, 0.6) is 5.75 Å². The topological polar surface area (TPSA) is 173 Å². The van der Waals surface area contributed by atoms with Gasteiger partial charge in [0.1, 0.15) is 23.2 Å². The maximum Gasteiger partial charge on any atom is 0.407 e. The van der Waals surface area contributed by atoms with E-state index < -0.39 is 86.6 Å². The molecule has 1 spiro atoms. The van der Waals surface area contributed by atoms with Crippen LogP contribution in [-0.4, -0.2) is 83.2 Å². The lowest BCUT2D eigenvalue weighted by Crippen LogP contribution is -2.58. The molecule has 2 saturated carbocycles. The van der Waals surface area contributed by atoms with Gasteiger partial charge in [0, 0.05) is 17.7 Å². The molecule has 4 amide bonds. The molecule has 298 valence electrons. The summed E-state index contributed by atoms with van der Waals surface area (Å²) in [6.07, 6.45) is 5.25. The van der Waals surface area contributed by atoms with Crippen LogP contribution in [-0.2, 0) is 35.1 Å². The van der Waals surface area contributed by atoms with Crippen molar-refractivity contribution in [3.05, 3.63) is 47.7 Å². The molecule has 5 aliphatic rings. The maximum absolute atomic E-state index is 16.6. The summed E-state index contributed by atoms with van der Waals surface area (Å²) < 4.78 is 72.4. The van der Waals surface area contributed by atoms with Crippen LogP contribution in [0.15, 0.2) is 36.4 Å².